The van der Waals surface area contributed by atoms with Gasteiger partial charge in [0.15, 0.2) is 5.16 Å². The summed E-state index contributed by atoms with van der Waals surface area (Å²) in [6, 6.07) is 11.7. The summed E-state index contributed by atoms with van der Waals surface area (Å²) in [6.45, 7) is 3.78. The van der Waals surface area contributed by atoms with Crippen molar-refractivity contribution in [3.8, 4) is 0 Å². The zero-order valence-corrected chi connectivity index (χ0v) is 13.3. The number of aromatic nitrogens is 2. The fourth-order valence-corrected chi connectivity index (χ4v) is 3.22. The maximum Gasteiger partial charge on any atom is 0.171 e. The van der Waals surface area contributed by atoms with E-state index in [-0.39, 0.29) is 0 Å². The molecular formula is C16H15ClN2OS. The third-order valence-corrected chi connectivity index (χ3v) is 4.65. The molecule has 0 amide bonds. The van der Waals surface area contributed by atoms with E-state index in [0.717, 1.165) is 26.6 Å². The van der Waals surface area contributed by atoms with Crippen molar-refractivity contribution in [2.24, 2.45) is 0 Å². The summed E-state index contributed by atoms with van der Waals surface area (Å²) in [7, 11) is 0. The minimum atomic E-state index is -0.518. The first kappa shape index (κ1) is 14.4. The lowest BCUT2D eigenvalue weighted by atomic mass is 10.1. The number of aliphatic hydroxyl groups is 1. The van der Waals surface area contributed by atoms with Crippen LogP contribution in [0.5, 0.6) is 0 Å². The van der Waals surface area contributed by atoms with Crippen molar-refractivity contribution in [3.05, 3.63) is 52.5 Å². The molecule has 1 aromatic heterocycles. The molecule has 0 fully saturated rings. The summed E-state index contributed by atoms with van der Waals surface area (Å²) in [5, 5.41) is 11.0. The van der Waals surface area contributed by atoms with E-state index in [1.807, 2.05) is 24.3 Å². The number of nitrogens with one attached hydrogen (secondary N) is 1. The first-order chi connectivity index (χ1) is 10.0. The van der Waals surface area contributed by atoms with Crippen molar-refractivity contribution >= 4 is 34.4 Å². The van der Waals surface area contributed by atoms with Gasteiger partial charge in [-0.1, -0.05) is 35.5 Å². The number of benzene rings is 2. The molecule has 0 aliphatic carbocycles. The first-order valence-electron chi connectivity index (χ1n) is 6.64. The number of fused-ring (bicyclic) bond motifs is 1. The number of aliphatic hydroxyl groups excluding tert-OH is 1. The zero-order valence-electron chi connectivity index (χ0n) is 11.7. The van der Waals surface area contributed by atoms with Crippen LogP contribution in [0, 0.1) is 6.92 Å². The van der Waals surface area contributed by atoms with Crippen molar-refractivity contribution < 1.29 is 5.11 Å². The molecule has 0 aliphatic heterocycles. The highest BCUT2D eigenvalue weighted by Gasteiger charge is 2.10. The number of aromatic amines is 1. The van der Waals surface area contributed by atoms with Crippen LogP contribution in [0.2, 0.25) is 5.02 Å². The van der Waals surface area contributed by atoms with Crippen molar-refractivity contribution in [1.82, 2.24) is 9.97 Å². The van der Waals surface area contributed by atoms with Gasteiger partial charge in [-0.05, 0) is 49.2 Å². The van der Waals surface area contributed by atoms with Crippen LogP contribution < -0.4 is 0 Å². The third kappa shape index (κ3) is 3.07. The number of nitrogens with zero attached hydrogens (tertiary/aromatic N) is 1. The van der Waals surface area contributed by atoms with Gasteiger partial charge in [0.05, 0.1) is 22.2 Å². The molecule has 0 saturated carbocycles. The lowest BCUT2D eigenvalue weighted by Gasteiger charge is -2.07. The van der Waals surface area contributed by atoms with Crippen molar-refractivity contribution in [1.29, 1.82) is 0 Å². The highest BCUT2D eigenvalue weighted by atomic mass is 35.5. The van der Waals surface area contributed by atoms with E-state index in [0.29, 0.717) is 5.02 Å². The summed E-state index contributed by atoms with van der Waals surface area (Å²) < 4.78 is 0. The Balaban J connectivity index is 1.91. The number of rotatable bonds is 3. The van der Waals surface area contributed by atoms with Crippen molar-refractivity contribution in [2.45, 2.75) is 30.0 Å². The van der Waals surface area contributed by atoms with Gasteiger partial charge in [0, 0.05) is 4.90 Å². The predicted molar refractivity (Wildman–Crippen MR) is 87.0 cm³/mol. The molecule has 2 aromatic carbocycles. The largest absolute Gasteiger partial charge is 0.389 e. The van der Waals surface area contributed by atoms with Gasteiger partial charge in [-0.15, -0.1) is 0 Å². The molecule has 0 spiro atoms. The van der Waals surface area contributed by atoms with Crippen LogP contribution in [0.25, 0.3) is 11.0 Å². The molecule has 0 radical (unpaired) electrons. The zero-order chi connectivity index (χ0) is 15.0. The summed E-state index contributed by atoms with van der Waals surface area (Å²) in [5.41, 5.74) is 3.97. The number of imidazole rings is 1. The maximum absolute atomic E-state index is 9.57. The standard InChI is InChI=1S/C16H15ClN2OS/c1-9-3-5-13-14(7-9)19-16(18-13)21-15-6-4-11(10(2)20)8-12(15)17/h3-8,10,20H,1-2H3,(H,18,19). The normalized spacial score (nSPS) is 12.8. The second-order valence-electron chi connectivity index (χ2n) is 5.03. The van der Waals surface area contributed by atoms with E-state index >= 15 is 0 Å². The Bertz CT molecular complexity index is 798. The first-order valence-corrected chi connectivity index (χ1v) is 7.84. The quantitative estimate of drug-likeness (QED) is 0.734. The third-order valence-electron chi connectivity index (χ3n) is 3.26. The number of hydrogen-bond donors (Lipinski definition) is 2. The van der Waals surface area contributed by atoms with Crippen molar-refractivity contribution in [2.75, 3.05) is 0 Å². The minimum Gasteiger partial charge on any atom is -0.389 e. The lowest BCUT2D eigenvalue weighted by Crippen LogP contribution is -1.90. The summed E-state index contributed by atoms with van der Waals surface area (Å²) >= 11 is 7.76. The van der Waals surface area contributed by atoms with Gasteiger partial charge < -0.3 is 10.1 Å². The Kier molecular flexibility index (Phi) is 3.93. The fourth-order valence-electron chi connectivity index (χ4n) is 2.11. The maximum atomic E-state index is 9.57. The highest BCUT2D eigenvalue weighted by Crippen LogP contribution is 2.34. The molecule has 5 heteroatoms. The van der Waals surface area contributed by atoms with Gasteiger partial charge in [-0.3, -0.25) is 0 Å². The Morgan fingerprint density at radius 1 is 1.24 bits per heavy atom. The van der Waals surface area contributed by atoms with E-state index in [9.17, 15) is 5.11 Å². The van der Waals surface area contributed by atoms with Gasteiger partial charge >= 0.3 is 0 Å². The summed E-state index contributed by atoms with van der Waals surface area (Å²) in [6.07, 6.45) is -0.518. The SMILES string of the molecule is Cc1ccc2nc(Sc3ccc(C(C)O)cc3Cl)[nH]c2c1. The van der Waals surface area contributed by atoms with Crippen molar-refractivity contribution in [3.63, 3.8) is 0 Å². The fraction of sp³-hybridized carbons (Fsp3) is 0.188. The minimum absolute atomic E-state index is 0.518. The molecule has 3 nitrogen and oxygen atoms in total. The van der Waals surface area contributed by atoms with E-state index in [4.69, 9.17) is 11.6 Å². The van der Waals surface area contributed by atoms with Crippen LogP contribution in [-0.4, -0.2) is 15.1 Å². The molecule has 0 bridgehead atoms. The smallest absolute Gasteiger partial charge is 0.171 e. The Morgan fingerprint density at radius 3 is 2.76 bits per heavy atom. The molecule has 0 saturated heterocycles. The molecule has 21 heavy (non-hydrogen) atoms. The molecule has 2 N–H and O–H groups in total. The number of aryl methyl sites for hydroxylation is 1. The van der Waals surface area contributed by atoms with E-state index in [2.05, 4.69) is 23.0 Å². The van der Waals surface area contributed by atoms with Crippen LogP contribution in [0.15, 0.2) is 46.5 Å². The Hall–Kier alpha value is -1.49. The second kappa shape index (κ2) is 5.72. The predicted octanol–water partition coefficient (Wildman–Crippen LogP) is 4.73. The molecule has 1 heterocycles. The van der Waals surface area contributed by atoms with E-state index in [1.54, 1.807) is 13.0 Å². The second-order valence-corrected chi connectivity index (χ2v) is 6.47. The monoisotopic (exact) mass is 318 g/mol. The van der Waals surface area contributed by atoms with Crippen LogP contribution in [-0.2, 0) is 0 Å². The average Bonchev–Trinajstić information content (AvgIpc) is 2.82. The molecule has 3 rings (SSSR count). The summed E-state index contributed by atoms with van der Waals surface area (Å²) in [5.74, 6) is 0. The molecule has 3 aromatic rings. The Morgan fingerprint density at radius 2 is 2.05 bits per heavy atom. The van der Waals surface area contributed by atoms with Crippen LogP contribution in [0.1, 0.15) is 24.2 Å². The lowest BCUT2D eigenvalue weighted by molar-refractivity contribution is 0.199. The van der Waals surface area contributed by atoms with Crippen LogP contribution >= 0.6 is 23.4 Å². The number of H-pyrrole nitrogens is 1. The molecule has 1 unspecified atom stereocenters. The highest BCUT2D eigenvalue weighted by molar-refractivity contribution is 7.99. The van der Waals surface area contributed by atoms with Gasteiger partial charge in [0.2, 0.25) is 0 Å². The molecule has 0 aliphatic rings. The molecule has 1 atom stereocenters. The average molecular weight is 319 g/mol. The van der Waals surface area contributed by atoms with E-state index < -0.39 is 6.10 Å². The molecular weight excluding hydrogens is 304 g/mol. The number of halogens is 1. The van der Waals surface area contributed by atoms with Gasteiger partial charge in [0.25, 0.3) is 0 Å². The van der Waals surface area contributed by atoms with Gasteiger partial charge in [-0.25, -0.2) is 4.98 Å². The van der Waals surface area contributed by atoms with Crippen LogP contribution in [0.3, 0.4) is 0 Å². The van der Waals surface area contributed by atoms with E-state index in [1.165, 1.54) is 17.3 Å². The number of hydrogen-bond acceptors (Lipinski definition) is 3. The molecule has 108 valence electrons. The Labute approximate surface area is 132 Å². The summed E-state index contributed by atoms with van der Waals surface area (Å²) in [4.78, 5) is 8.75. The topological polar surface area (TPSA) is 48.9 Å². The van der Waals surface area contributed by atoms with Gasteiger partial charge in [-0.2, -0.15) is 0 Å². The van der Waals surface area contributed by atoms with Crippen LogP contribution in [0.4, 0.5) is 0 Å². The van der Waals surface area contributed by atoms with Gasteiger partial charge in [0.1, 0.15) is 0 Å².